The summed E-state index contributed by atoms with van der Waals surface area (Å²) in [6.45, 7) is 2.65. The average molecular weight is 475 g/mol. The van der Waals surface area contributed by atoms with Gasteiger partial charge >= 0.3 is 12.1 Å². The van der Waals surface area contributed by atoms with Gasteiger partial charge < -0.3 is 20.1 Å². The second-order valence-corrected chi connectivity index (χ2v) is 10.7. The summed E-state index contributed by atoms with van der Waals surface area (Å²) in [7, 11) is 0. The lowest BCUT2D eigenvalue weighted by atomic mass is 9.98. The summed E-state index contributed by atoms with van der Waals surface area (Å²) in [6, 6.07) is 15.6. The van der Waals surface area contributed by atoms with E-state index in [4.69, 9.17) is 4.74 Å². The van der Waals surface area contributed by atoms with Crippen LogP contribution in [0.15, 0.2) is 48.5 Å². The van der Waals surface area contributed by atoms with E-state index in [1.165, 1.54) is 22.3 Å². The Balaban J connectivity index is 1.08. The summed E-state index contributed by atoms with van der Waals surface area (Å²) in [5.74, 6) is -0.803. The lowest BCUT2D eigenvalue weighted by Gasteiger charge is -2.28. The van der Waals surface area contributed by atoms with Crippen molar-refractivity contribution in [2.24, 2.45) is 17.3 Å². The standard InChI is InChI=1S/C28H30N2O5/c1-16-10-11-30(24(16)25(31)32)26(33)28-13-17(28)12-18(14-28)29-27(34)35-15-23-21-8-4-2-6-19(21)20-7-3-5-9-22(20)23/h2-9,16-18,23-24H,10-15H2,1H3,(H,29,34)(H,31,32). The van der Waals surface area contributed by atoms with E-state index in [0.29, 0.717) is 19.4 Å². The van der Waals surface area contributed by atoms with Crippen LogP contribution in [0.2, 0.25) is 0 Å². The summed E-state index contributed by atoms with van der Waals surface area (Å²) < 4.78 is 5.68. The molecule has 182 valence electrons. The van der Waals surface area contributed by atoms with E-state index >= 15 is 0 Å². The predicted octanol–water partition coefficient (Wildman–Crippen LogP) is 4.02. The number of alkyl carbamates (subject to hydrolysis) is 1. The molecule has 6 rings (SSSR count). The van der Waals surface area contributed by atoms with Gasteiger partial charge in [-0.15, -0.1) is 0 Å². The number of carboxylic acid groups (broad SMARTS) is 1. The van der Waals surface area contributed by atoms with Crippen LogP contribution in [-0.4, -0.2) is 53.2 Å². The number of carboxylic acids is 1. The SMILES string of the molecule is CC1CCN(C(=O)C23CC(NC(=O)OCC4c5ccccc5-c5ccccc54)CC2C3)C1C(=O)O. The number of carbonyl (C=O) groups is 3. The highest BCUT2D eigenvalue weighted by molar-refractivity contribution is 5.91. The third kappa shape index (κ3) is 3.51. The lowest BCUT2D eigenvalue weighted by Crippen LogP contribution is -2.46. The first-order valence-electron chi connectivity index (χ1n) is 12.5. The van der Waals surface area contributed by atoms with E-state index < -0.39 is 23.5 Å². The molecule has 3 fully saturated rings. The van der Waals surface area contributed by atoms with Gasteiger partial charge in [-0.1, -0.05) is 55.5 Å². The molecular formula is C28H30N2O5. The number of hydrogen-bond donors (Lipinski definition) is 2. The van der Waals surface area contributed by atoms with E-state index in [-0.39, 0.29) is 36.3 Å². The van der Waals surface area contributed by atoms with Crippen LogP contribution < -0.4 is 5.32 Å². The van der Waals surface area contributed by atoms with Gasteiger partial charge in [0.1, 0.15) is 12.6 Å². The summed E-state index contributed by atoms with van der Waals surface area (Å²) in [5, 5.41) is 12.6. The van der Waals surface area contributed by atoms with Crippen LogP contribution in [0.1, 0.15) is 49.7 Å². The Bertz CT molecular complexity index is 1170. The first-order chi connectivity index (χ1) is 16.9. The smallest absolute Gasteiger partial charge is 0.407 e. The largest absolute Gasteiger partial charge is 0.480 e. The van der Waals surface area contributed by atoms with Crippen LogP contribution in [0.25, 0.3) is 11.1 Å². The van der Waals surface area contributed by atoms with Crippen molar-refractivity contribution in [1.29, 1.82) is 0 Å². The topological polar surface area (TPSA) is 95.9 Å². The molecule has 5 atom stereocenters. The minimum Gasteiger partial charge on any atom is -0.480 e. The first-order valence-corrected chi connectivity index (χ1v) is 12.5. The molecule has 2 aromatic rings. The molecule has 3 aliphatic carbocycles. The van der Waals surface area contributed by atoms with Crippen molar-refractivity contribution in [3.05, 3.63) is 59.7 Å². The van der Waals surface area contributed by atoms with Crippen LogP contribution in [0.3, 0.4) is 0 Å². The Morgan fingerprint density at radius 2 is 1.71 bits per heavy atom. The maximum atomic E-state index is 13.4. The number of nitrogens with one attached hydrogen (secondary N) is 1. The highest BCUT2D eigenvalue weighted by Gasteiger charge is 2.67. The molecule has 7 heteroatoms. The van der Waals surface area contributed by atoms with Crippen molar-refractivity contribution in [3.8, 4) is 11.1 Å². The van der Waals surface area contributed by atoms with Crippen molar-refractivity contribution in [3.63, 3.8) is 0 Å². The molecule has 0 bridgehead atoms. The van der Waals surface area contributed by atoms with Crippen molar-refractivity contribution in [2.45, 2.75) is 50.6 Å². The Morgan fingerprint density at radius 3 is 2.37 bits per heavy atom. The van der Waals surface area contributed by atoms with E-state index in [1.807, 2.05) is 31.2 Å². The summed E-state index contributed by atoms with van der Waals surface area (Å²) in [5.41, 5.74) is 4.19. The number of ether oxygens (including phenoxy) is 1. The maximum absolute atomic E-state index is 13.4. The Hall–Kier alpha value is -3.35. The molecule has 0 spiro atoms. The quantitative estimate of drug-likeness (QED) is 0.683. The molecule has 1 aliphatic heterocycles. The molecule has 2 amide bonds. The number of likely N-dealkylation sites (tertiary alicyclic amines) is 1. The summed E-state index contributed by atoms with van der Waals surface area (Å²) in [4.78, 5) is 39.4. The van der Waals surface area contributed by atoms with Crippen molar-refractivity contribution >= 4 is 18.0 Å². The normalized spacial score (nSPS) is 30.4. The third-order valence-electron chi connectivity index (χ3n) is 8.72. The third-order valence-corrected chi connectivity index (χ3v) is 8.72. The fourth-order valence-corrected chi connectivity index (χ4v) is 6.91. The molecule has 5 unspecified atom stereocenters. The molecule has 1 saturated heterocycles. The van der Waals surface area contributed by atoms with Gasteiger partial charge in [0.25, 0.3) is 0 Å². The predicted molar refractivity (Wildman–Crippen MR) is 129 cm³/mol. The second kappa shape index (κ2) is 8.11. The molecule has 0 radical (unpaired) electrons. The maximum Gasteiger partial charge on any atom is 0.407 e. The highest BCUT2D eigenvalue weighted by atomic mass is 16.5. The molecular weight excluding hydrogens is 444 g/mol. The number of benzene rings is 2. The van der Waals surface area contributed by atoms with Gasteiger partial charge in [0, 0.05) is 18.5 Å². The zero-order valence-corrected chi connectivity index (χ0v) is 19.8. The Morgan fingerprint density at radius 1 is 1.06 bits per heavy atom. The average Bonchev–Trinajstić information content (AvgIpc) is 3.12. The second-order valence-electron chi connectivity index (χ2n) is 10.7. The van der Waals surface area contributed by atoms with Gasteiger partial charge in [-0.3, -0.25) is 4.79 Å². The number of hydrogen-bond acceptors (Lipinski definition) is 4. The molecule has 1 heterocycles. The highest BCUT2D eigenvalue weighted by Crippen LogP contribution is 2.64. The van der Waals surface area contributed by atoms with E-state index in [2.05, 4.69) is 29.6 Å². The van der Waals surface area contributed by atoms with Gasteiger partial charge in [0.2, 0.25) is 5.91 Å². The molecule has 2 N–H and O–H groups in total. The summed E-state index contributed by atoms with van der Waals surface area (Å²) in [6.07, 6.45) is 2.32. The van der Waals surface area contributed by atoms with Gasteiger partial charge in [-0.2, -0.15) is 0 Å². The van der Waals surface area contributed by atoms with Crippen molar-refractivity contribution in [1.82, 2.24) is 10.2 Å². The van der Waals surface area contributed by atoms with Gasteiger partial charge in [-0.05, 0) is 59.8 Å². The fourth-order valence-electron chi connectivity index (χ4n) is 6.91. The molecule has 2 saturated carbocycles. The Kier molecular flexibility index (Phi) is 5.13. The molecule has 4 aliphatic rings. The molecule has 0 aromatic heterocycles. The van der Waals surface area contributed by atoms with E-state index in [9.17, 15) is 19.5 Å². The van der Waals surface area contributed by atoms with Crippen LogP contribution in [0, 0.1) is 17.3 Å². The molecule has 7 nitrogen and oxygen atoms in total. The zero-order valence-electron chi connectivity index (χ0n) is 19.8. The number of aliphatic carboxylic acids is 1. The van der Waals surface area contributed by atoms with Gasteiger partial charge in [0.15, 0.2) is 0 Å². The van der Waals surface area contributed by atoms with Crippen LogP contribution in [0.5, 0.6) is 0 Å². The monoisotopic (exact) mass is 474 g/mol. The molecule has 35 heavy (non-hydrogen) atoms. The number of rotatable bonds is 5. The zero-order chi connectivity index (χ0) is 24.3. The van der Waals surface area contributed by atoms with Crippen LogP contribution in [0.4, 0.5) is 4.79 Å². The van der Waals surface area contributed by atoms with Crippen LogP contribution >= 0.6 is 0 Å². The van der Waals surface area contributed by atoms with Gasteiger partial charge in [0.05, 0.1) is 5.41 Å². The van der Waals surface area contributed by atoms with Gasteiger partial charge in [-0.25, -0.2) is 9.59 Å². The fraction of sp³-hybridized carbons (Fsp3) is 0.464. The van der Waals surface area contributed by atoms with Crippen molar-refractivity contribution in [2.75, 3.05) is 13.2 Å². The summed E-state index contributed by atoms with van der Waals surface area (Å²) >= 11 is 0. The van der Waals surface area contributed by atoms with Crippen molar-refractivity contribution < 1.29 is 24.2 Å². The number of amides is 2. The minimum absolute atomic E-state index is 0.00293. The number of fused-ring (bicyclic) bond motifs is 4. The first kappa shape index (κ1) is 22.1. The number of carbonyl (C=O) groups excluding carboxylic acids is 2. The van der Waals surface area contributed by atoms with E-state index in [0.717, 1.165) is 12.8 Å². The van der Waals surface area contributed by atoms with E-state index in [1.54, 1.807) is 4.90 Å². The molecule has 2 aromatic carbocycles. The number of nitrogens with zero attached hydrogens (tertiary/aromatic N) is 1. The van der Waals surface area contributed by atoms with Crippen LogP contribution in [-0.2, 0) is 14.3 Å². The lowest BCUT2D eigenvalue weighted by molar-refractivity contribution is -0.151. The minimum atomic E-state index is -0.928. The Labute approximate surface area is 204 Å².